The molecule has 3 aromatic rings. The molecule has 0 saturated carbocycles. The summed E-state index contributed by atoms with van der Waals surface area (Å²) in [6, 6.07) is 15.5. The van der Waals surface area contributed by atoms with Crippen molar-refractivity contribution in [3.05, 3.63) is 66.5 Å². The van der Waals surface area contributed by atoms with Crippen molar-refractivity contribution >= 4 is 11.7 Å². The van der Waals surface area contributed by atoms with Crippen LogP contribution in [0.1, 0.15) is 18.4 Å². The fourth-order valence-corrected chi connectivity index (χ4v) is 3.65. The summed E-state index contributed by atoms with van der Waals surface area (Å²) in [7, 11) is 1.65. The summed E-state index contributed by atoms with van der Waals surface area (Å²) in [5.74, 6) is 1.63. The molecule has 1 aliphatic rings. The standard InChI is InChI=1S/C23H25N5O2/c1-30-20-8-6-18(7-9-20)21-10-11-22(27-26-21)28-13-3-5-19(16-28)23(29)25-15-17-4-2-12-24-14-17/h2,4,6-12,14,19H,3,5,13,15-16H2,1H3,(H,25,29)/t19-/m0/s1. The van der Waals surface area contributed by atoms with Gasteiger partial charge in [0, 0.05) is 37.6 Å². The van der Waals surface area contributed by atoms with Crippen LogP contribution in [-0.4, -0.2) is 41.3 Å². The molecule has 0 aliphatic carbocycles. The normalized spacial score (nSPS) is 16.2. The van der Waals surface area contributed by atoms with E-state index in [9.17, 15) is 4.79 Å². The minimum Gasteiger partial charge on any atom is -0.497 e. The van der Waals surface area contributed by atoms with Gasteiger partial charge in [-0.1, -0.05) is 6.07 Å². The lowest BCUT2D eigenvalue weighted by Crippen LogP contribution is -2.43. The molecule has 3 heterocycles. The molecule has 0 unspecified atom stereocenters. The quantitative estimate of drug-likeness (QED) is 0.681. The Kier molecular flexibility index (Phi) is 6.17. The van der Waals surface area contributed by atoms with Crippen molar-refractivity contribution in [2.24, 2.45) is 5.92 Å². The van der Waals surface area contributed by atoms with Gasteiger partial charge in [-0.3, -0.25) is 9.78 Å². The summed E-state index contributed by atoms with van der Waals surface area (Å²) in [6.07, 6.45) is 5.33. The van der Waals surface area contributed by atoms with Crippen LogP contribution in [0.4, 0.5) is 5.82 Å². The number of piperidine rings is 1. The topological polar surface area (TPSA) is 80.2 Å². The van der Waals surface area contributed by atoms with Gasteiger partial charge in [-0.05, 0) is 60.9 Å². The highest BCUT2D eigenvalue weighted by atomic mass is 16.5. The number of rotatable bonds is 6. The molecule has 7 nitrogen and oxygen atoms in total. The molecule has 1 aliphatic heterocycles. The van der Waals surface area contributed by atoms with Crippen molar-refractivity contribution in [1.29, 1.82) is 0 Å². The van der Waals surface area contributed by atoms with Crippen LogP contribution in [-0.2, 0) is 11.3 Å². The smallest absolute Gasteiger partial charge is 0.225 e. The summed E-state index contributed by atoms with van der Waals surface area (Å²) >= 11 is 0. The van der Waals surface area contributed by atoms with E-state index in [1.807, 2.05) is 48.5 Å². The van der Waals surface area contributed by atoms with Crippen molar-refractivity contribution in [2.75, 3.05) is 25.1 Å². The van der Waals surface area contributed by atoms with E-state index in [1.54, 1.807) is 19.5 Å². The molecule has 1 fully saturated rings. The largest absolute Gasteiger partial charge is 0.497 e. The molecular weight excluding hydrogens is 378 g/mol. The first-order valence-corrected chi connectivity index (χ1v) is 10.1. The number of hydrogen-bond acceptors (Lipinski definition) is 6. The van der Waals surface area contributed by atoms with E-state index in [0.29, 0.717) is 13.1 Å². The molecule has 1 N–H and O–H groups in total. The number of nitrogens with zero attached hydrogens (tertiary/aromatic N) is 4. The molecule has 0 spiro atoms. The van der Waals surface area contributed by atoms with Crippen molar-refractivity contribution in [3.8, 4) is 17.0 Å². The number of carbonyl (C=O) groups is 1. The molecule has 154 valence electrons. The number of pyridine rings is 1. The van der Waals surface area contributed by atoms with Crippen molar-refractivity contribution in [2.45, 2.75) is 19.4 Å². The Balaban J connectivity index is 1.37. The number of methoxy groups -OCH3 is 1. The second-order valence-electron chi connectivity index (χ2n) is 7.37. The number of anilines is 1. The van der Waals surface area contributed by atoms with Crippen LogP contribution in [0.25, 0.3) is 11.3 Å². The third kappa shape index (κ3) is 4.74. The SMILES string of the molecule is COc1ccc(-c2ccc(N3CCC[C@H](C(=O)NCc4cccnc4)C3)nn2)cc1. The highest BCUT2D eigenvalue weighted by Gasteiger charge is 2.26. The van der Waals surface area contributed by atoms with Crippen molar-refractivity contribution in [3.63, 3.8) is 0 Å². The lowest BCUT2D eigenvalue weighted by Gasteiger charge is -2.32. The van der Waals surface area contributed by atoms with Crippen LogP contribution in [0.15, 0.2) is 60.9 Å². The fourth-order valence-electron chi connectivity index (χ4n) is 3.65. The third-order valence-electron chi connectivity index (χ3n) is 5.34. The molecule has 1 amide bonds. The number of carbonyl (C=O) groups excluding carboxylic acids is 1. The Morgan fingerprint density at radius 1 is 1.17 bits per heavy atom. The second-order valence-corrected chi connectivity index (χ2v) is 7.37. The minimum absolute atomic E-state index is 0.0570. The monoisotopic (exact) mass is 403 g/mol. The van der Waals surface area contributed by atoms with Crippen LogP contribution >= 0.6 is 0 Å². The summed E-state index contributed by atoms with van der Waals surface area (Å²) in [5, 5.41) is 11.8. The average molecular weight is 403 g/mol. The van der Waals surface area contributed by atoms with Gasteiger partial charge in [-0.25, -0.2) is 0 Å². The zero-order valence-electron chi connectivity index (χ0n) is 17.0. The Morgan fingerprint density at radius 2 is 2.03 bits per heavy atom. The number of ether oxygens (including phenoxy) is 1. The Morgan fingerprint density at radius 3 is 2.73 bits per heavy atom. The van der Waals surface area contributed by atoms with Gasteiger partial charge in [0.15, 0.2) is 5.82 Å². The van der Waals surface area contributed by atoms with E-state index in [0.717, 1.165) is 47.8 Å². The maximum atomic E-state index is 12.6. The molecule has 30 heavy (non-hydrogen) atoms. The van der Waals surface area contributed by atoms with E-state index in [1.165, 1.54) is 0 Å². The molecule has 0 radical (unpaired) electrons. The summed E-state index contributed by atoms with van der Waals surface area (Å²) < 4.78 is 5.20. The Bertz CT molecular complexity index is 961. The zero-order chi connectivity index (χ0) is 20.8. The van der Waals surface area contributed by atoms with E-state index in [2.05, 4.69) is 25.4 Å². The van der Waals surface area contributed by atoms with Crippen LogP contribution in [0, 0.1) is 5.92 Å². The van der Waals surface area contributed by atoms with E-state index < -0.39 is 0 Å². The van der Waals surface area contributed by atoms with Gasteiger partial charge < -0.3 is 15.0 Å². The lowest BCUT2D eigenvalue weighted by molar-refractivity contribution is -0.125. The average Bonchev–Trinajstić information content (AvgIpc) is 2.83. The maximum absolute atomic E-state index is 12.6. The van der Waals surface area contributed by atoms with Crippen LogP contribution in [0.5, 0.6) is 5.75 Å². The van der Waals surface area contributed by atoms with Gasteiger partial charge in [0.2, 0.25) is 5.91 Å². The molecule has 1 aromatic carbocycles. The van der Waals surface area contributed by atoms with Gasteiger partial charge in [-0.15, -0.1) is 10.2 Å². The second kappa shape index (κ2) is 9.35. The van der Waals surface area contributed by atoms with Crippen LogP contribution in [0.2, 0.25) is 0 Å². The molecule has 1 atom stereocenters. The summed E-state index contributed by atoms with van der Waals surface area (Å²) in [5.41, 5.74) is 2.80. The van der Waals surface area contributed by atoms with E-state index in [4.69, 9.17) is 4.74 Å². The molecule has 4 rings (SSSR count). The van der Waals surface area contributed by atoms with Crippen molar-refractivity contribution in [1.82, 2.24) is 20.5 Å². The molecular formula is C23H25N5O2. The Labute approximate surface area is 176 Å². The number of amides is 1. The van der Waals surface area contributed by atoms with Gasteiger partial charge in [0.1, 0.15) is 5.75 Å². The third-order valence-corrected chi connectivity index (χ3v) is 5.34. The maximum Gasteiger partial charge on any atom is 0.225 e. The minimum atomic E-state index is -0.0570. The number of nitrogens with one attached hydrogen (secondary N) is 1. The molecule has 1 saturated heterocycles. The molecule has 2 aromatic heterocycles. The molecule has 0 bridgehead atoms. The van der Waals surface area contributed by atoms with Gasteiger partial charge >= 0.3 is 0 Å². The first kappa shape index (κ1) is 19.8. The van der Waals surface area contributed by atoms with Gasteiger partial charge in [-0.2, -0.15) is 0 Å². The van der Waals surface area contributed by atoms with Gasteiger partial charge in [0.25, 0.3) is 0 Å². The number of aromatic nitrogens is 3. The highest BCUT2D eigenvalue weighted by molar-refractivity contribution is 5.79. The first-order chi connectivity index (χ1) is 14.7. The predicted molar refractivity (Wildman–Crippen MR) is 115 cm³/mol. The van der Waals surface area contributed by atoms with Crippen molar-refractivity contribution < 1.29 is 9.53 Å². The van der Waals surface area contributed by atoms with E-state index in [-0.39, 0.29) is 11.8 Å². The number of hydrogen-bond donors (Lipinski definition) is 1. The Hall–Kier alpha value is -3.48. The molecule has 7 heteroatoms. The predicted octanol–water partition coefficient (Wildman–Crippen LogP) is 3.08. The lowest BCUT2D eigenvalue weighted by atomic mass is 9.97. The zero-order valence-corrected chi connectivity index (χ0v) is 17.0. The first-order valence-electron chi connectivity index (χ1n) is 10.1. The fraction of sp³-hybridized carbons (Fsp3) is 0.304. The number of benzene rings is 1. The van der Waals surface area contributed by atoms with Crippen LogP contribution < -0.4 is 15.0 Å². The summed E-state index contributed by atoms with van der Waals surface area (Å²) in [4.78, 5) is 18.9. The van der Waals surface area contributed by atoms with Crippen LogP contribution in [0.3, 0.4) is 0 Å². The summed E-state index contributed by atoms with van der Waals surface area (Å²) in [6.45, 7) is 2.03. The van der Waals surface area contributed by atoms with E-state index >= 15 is 0 Å². The van der Waals surface area contributed by atoms with Gasteiger partial charge in [0.05, 0.1) is 18.7 Å². The highest BCUT2D eigenvalue weighted by Crippen LogP contribution is 2.24.